The van der Waals surface area contributed by atoms with Crippen LogP contribution in [0, 0.1) is 0 Å². The van der Waals surface area contributed by atoms with Crippen LogP contribution in [0.4, 0.5) is 5.69 Å². The fourth-order valence-corrected chi connectivity index (χ4v) is 2.80. The molecular formula is C19H18N4O2. The van der Waals surface area contributed by atoms with Gasteiger partial charge in [0.05, 0.1) is 12.0 Å². The van der Waals surface area contributed by atoms with Crippen molar-refractivity contribution in [3.63, 3.8) is 0 Å². The summed E-state index contributed by atoms with van der Waals surface area (Å²) in [4.78, 5) is 16.7. The molecule has 2 heterocycles. The average Bonchev–Trinajstić information content (AvgIpc) is 3.08. The number of rotatable bonds is 4. The average molecular weight is 334 g/mol. The van der Waals surface area contributed by atoms with Crippen molar-refractivity contribution in [2.75, 3.05) is 11.9 Å². The maximum Gasteiger partial charge on any atom is 0.276 e. The van der Waals surface area contributed by atoms with Crippen molar-refractivity contribution in [1.82, 2.24) is 14.9 Å². The van der Waals surface area contributed by atoms with Crippen LogP contribution in [0.1, 0.15) is 16.2 Å². The lowest BCUT2D eigenvalue weighted by Crippen LogP contribution is -2.29. The van der Waals surface area contributed by atoms with Crippen molar-refractivity contribution in [1.29, 1.82) is 0 Å². The normalized spacial score (nSPS) is 13.1. The molecule has 0 atom stereocenters. The lowest BCUT2D eigenvalue weighted by atomic mass is 10.2. The number of ether oxygens (including phenoxy) is 1. The highest BCUT2D eigenvalue weighted by Crippen LogP contribution is 2.23. The lowest BCUT2D eigenvalue weighted by molar-refractivity contribution is 0.102. The van der Waals surface area contributed by atoms with Gasteiger partial charge in [0.25, 0.3) is 5.91 Å². The standard InChI is InChI=1S/C19H18N4O2/c24-19(18-17-12-20-10-11-23(17)13-21-18)22-14-6-8-16(9-7-14)25-15-4-2-1-3-5-15/h1-9,13,20H,10-12H2,(H,22,24). The molecule has 1 aliphatic heterocycles. The summed E-state index contributed by atoms with van der Waals surface area (Å²) in [5.41, 5.74) is 2.10. The van der Waals surface area contributed by atoms with E-state index in [0.717, 1.165) is 24.5 Å². The predicted octanol–water partition coefficient (Wildman–Crippen LogP) is 3.03. The number of nitrogens with zero attached hydrogens (tertiary/aromatic N) is 2. The zero-order valence-corrected chi connectivity index (χ0v) is 13.6. The number of imidazole rings is 1. The highest BCUT2D eigenvalue weighted by atomic mass is 16.5. The Bertz CT molecular complexity index is 872. The van der Waals surface area contributed by atoms with Crippen LogP contribution in [0.2, 0.25) is 0 Å². The van der Waals surface area contributed by atoms with E-state index in [0.29, 0.717) is 23.7 Å². The van der Waals surface area contributed by atoms with Crippen molar-refractivity contribution in [3.8, 4) is 11.5 Å². The maximum absolute atomic E-state index is 12.5. The number of amides is 1. The number of carbonyl (C=O) groups excluding carboxylic acids is 1. The molecular weight excluding hydrogens is 316 g/mol. The Hall–Kier alpha value is -3.12. The summed E-state index contributed by atoms with van der Waals surface area (Å²) in [6.45, 7) is 2.39. The molecule has 0 radical (unpaired) electrons. The Morgan fingerprint density at radius 3 is 2.64 bits per heavy atom. The van der Waals surface area contributed by atoms with Gasteiger partial charge in [-0.2, -0.15) is 0 Å². The molecule has 0 fully saturated rings. The second-order valence-electron chi connectivity index (χ2n) is 5.80. The minimum Gasteiger partial charge on any atom is -0.457 e. The van der Waals surface area contributed by atoms with E-state index in [1.165, 1.54) is 0 Å². The number of anilines is 1. The van der Waals surface area contributed by atoms with Crippen molar-refractivity contribution in [2.24, 2.45) is 0 Å². The van der Waals surface area contributed by atoms with Crippen LogP contribution >= 0.6 is 0 Å². The smallest absolute Gasteiger partial charge is 0.276 e. The van der Waals surface area contributed by atoms with Gasteiger partial charge < -0.3 is 19.9 Å². The van der Waals surface area contributed by atoms with Gasteiger partial charge in [-0.15, -0.1) is 0 Å². The number of aromatic nitrogens is 2. The molecule has 25 heavy (non-hydrogen) atoms. The van der Waals surface area contributed by atoms with Crippen molar-refractivity contribution in [2.45, 2.75) is 13.1 Å². The largest absolute Gasteiger partial charge is 0.457 e. The van der Waals surface area contributed by atoms with E-state index in [1.807, 2.05) is 59.2 Å². The highest BCUT2D eigenvalue weighted by Gasteiger charge is 2.20. The molecule has 6 heteroatoms. The molecule has 3 aromatic rings. The van der Waals surface area contributed by atoms with Gasteiger partial charge in [0.1, 0.15) is 11.5 Å². The first-order chi connectivity index (χ1) is 12.3. The van der Waals surface area contributed by atoms with E-state index < -0.39 is 0 Å². The topological polar surface area (TPSA) is 68.2 Å². The molecule has 0 spiro atoms. The summed E-state index contributed by atoms with van der Waals surface area (Å²) in [5.74, 6) is 1.29. The summed E-state index contributed by atoms with van der Waals surface area (Å²) in [6, 6.07) is 16.9. The van der Waals surface area contributed by atoms with Crippen LogP contribution in [0.5, 0.6) is 11.5 Å². The highest BCUT2D eigenvalue weighted by molar-refractivity contribution is 6.03. The third-order valence-electron chi connectivity index (χ3n) is 4.07. The first-order valence-corrected chi connectivity index (χ1v) is 8.18. The second kappa shape index (κ2) is 6.78. The Labute approximate surface area is 145 Å². The fraction of sp³-hybridized carbons (Fsp3) is 0.158. The van der Waals surface area contributed by atoms with E-state index in [4.69, 9.17) is 4.74 Å². The third-order valence-corrected chi connectivity index (χ3v) is 4.07. The molecule has 0 aliphatic carbocycles. The summed E-state index contributed by atoms with van der Waals surface area (Å²) < 4.78 is 7.76. The molecule has 1 aromatic heterocycles. The SMILES string of the molecule is O=C(Nc1ccc(Oc2ccccc2)cc1)c1ncn2c1CNCC2. The predicted molar refractivity (Wildman–Crippen MR) is 94.8 cm³/mol. The molecule has 126 valence electrons. The van der Waals surface area contributed by atoms with E-state index in [1.54, 1.807) is 6.33 Å². The van der Waals surface area contributed by atoms with Crippen molar-refractivity contribution < 1.29 is 9.53 Å². The van der Waals surface area contributed by atoms with Crippen LogP contribution in [-0.4, -0.2) is 22.0 Å². The molecule has 6 nitrogen and oxygen atoms in total. The molecule has 4 rings (SSSR count). The summed E-state index contributed by atoms with van der Waals surface area (Å²) >= 11 is 0. The zero-order chi connectivity index (χ0) is 17.1. The summed E-state index contributed by atoms with van der Waals surface area (Å²) in [6.07, 6.45) is 1.72. The third kappa shape index (κ3) is 3.39. The molecule has 1 amide bonds. The van der Waals surface area contributed by atoms with E-state index in [2.05, 4.69) is 15.6 Å². The molecule has 0 unspecified atom stereocenters. The van der Waals surface area contributed by atoms with Gasteiger partial charge >= 0.3 is 0 Å². The number of fused-ring (bicyclic) bond motifs is 1. The second-order valence-corrected chi connectivity index (χ2v) is 5.80. The van der Waals surface area contributed by atoms with Gasteiger partial charge in [-0.3, -0.25) is 4.79 Å². The van der Waals surface area contributed by atoms with Gasteiger partial charge in [-0.1, -0.05) is 18.2 Å². The molecule has 2 aromatic carbocycles. The minimum atomic E-state index is -0.200. The van der Waals surface area contributed by atoms with Crippen LogP contribution in [0.15, 0.2) is 60.9 Å². The van der Waals surface area contributed by atoms with E-state index >= 15 is 0 Å². The Morgan fingerprint density at radius 2 is 1.84 bits per heavy atom. The minimum absolute atomic E-state index is 0.200. The number of benzene rings is 2. The van der Waals surface area contributed by atoms with Crippen LogP contribution < -0.4 is 15.4 Å². The first kappa shape index (κ1) is 15.4. The number of hydrogen-bond acceptors (Lipinski definition) is 4. The molecule has 2 N–H and O–H groups in total. The Morgan fingerprint density at radius 1 is 1.08 bits per heavy atom. The first-order valence-electron chi connectivity index (χ1n) is 8.18. The monoisotopic (exact) mass is 334 g/mol. The Kier molecular flexibility index (Phi) is 4.18. The molecule has 0 saturated heterocycles. The van der Waals surface area contributed by atoms with Gasteiger partial charge in [-0.25, -0.2) is 4.98 Å². The van der Waals surface area contributed by atoms with Gasteiger partial charge in [0, 0.05) is 25.3 Å². The number of para-hydroxylation sites is 1. The lowest BCUT2D eigenvalue weighted by Gasteiger charge is -2.16. The molecule has 0 bridgehead atoms. The fourth-order valence-electron chi connectivity index (χ4n) is 2.80. The van der Waals surface area contributed by atoms with Gasteiger partial charge in [-0.05, 0) is 36.4 Å². The maximum atomic E-state index is 12.5. The quantitative estimate of drug-likeness (QED) is 0.769. The number of hydrogen-bond donors (Lipinski definition) is 2. The molecule has 0 saturated carbocycles. The van der Waals surface area contributed by atoms with E-state index in [9.17, 15) is 4.79 Å². The van der Waals surface area contributed by atoms with Gasteiger partial charge in [0.15, 0.2) is 5.69 Å². The van der Waals surface area contributed by atoms with Crippen LogP contribution in [0.25, 0.3) is 0 Å². The van der Waals surface area contributed by atoms with Crippen molar-refractivity contribution >= 4 is 11.6 Å². The summed E-state index contributed by atoms with van der Waals surface area (Å²) in [7, 11) is 0. The number of nitrogens with one attached hydrogen (secondary N) is 2. The van der Waals surface area contributed by atoms with Crippen LogP contribution in [-0.2, 0) is 13.1 Å². The Balaban J connectivity index is 1.44. The zero-order valence-electron chi connectivity index (χ0n) is 13.6. The summed E-state index contributed by atoms with van der Waals surface area (Å²) in [5, 5.41) is 6.15. The van der Waals surface area contributed by atoms with Crippen molar-refractivity contribution in [3.05, 3.63) is 72.3 Å². The van der Waals surface area contributed by atoms with Gasteiger partial charge in [0.2, 0.25) is 0 Å². The number of carbonyl (C=O) groups is 1. The van der Waals surface area contributed by atoms with Crippen LogP contribution in [0.3, 0.4) is 0 Å². The van der Waals surface area contributed by atoms with E-state index in [-0.39, 0.29) is 5.91 Å². The molecule has 1 aliphatic rings.